The van der Waals surface area contributed by atoms with Gasteiger partial charge in [-0.3, -0.25) is 14.4 Å². The Labute approximate surface area is 849 Å². The van der Waals surface area contributed by atoms with Crippen LogP contribution >= 0.6 is 116 Å². The highest BCUT2D eigenvalue weighted by Crippen LogP contribution is 2.52. The molecule has 0 radical (unpaired) electrons. The number of benzene rings is 8. The molecule has 4 aliphatic carbocycles. The summed E-state index contributed by atoms with van der Waals surface area (Å²) in [6, 6.07) is 30.7. The van der Waals surface area contributed by atoms with E-state index in [1.807, 2.05) is 93.6 Å². The molecule has 35 heteroatoms. The number of esters is 1. The van der Waals surface area contributed by atoms with Gasteiger partial charge in [0.25, 0.3) is 0 Å². The molecule has 0 aliphatic heterocycles. The van der Waals surface area contributed by atoms with Gasteiger partial charge in [0.05, 0.1) is 126 Å². The quantitative estimate of drug-likeness (QED) is 0.0162. The molecule has 137 heavy (non-hydrogen) atoms. The standard InChI is InChI=1S/C28H33Cl2N3O4.C26H27Cl2N3O3.C22H24Cl2N4O2.C16H11Cl3N2O2.C7H15N.C3H3ClO/c1-28(2,3)37-23(34)13-16-8-6-7-9-19(16)32-27-31-15-18-12-17(10-11-20(18)33-27)24-25(29)21(35-4)14-22(36-5)26(24)30;1-4-18(32)12-15-7-5-6-8-19(15)30-26-29-14-17-11-16(9-10-20(17)31-26)23-24(27)21(33-2)13-22(34-3)25(23)28;1-29-17-10-18(30-2)21(24)19(20(17)23)12-7-8-15-13(9-12)11-26-22(27-15)28-16-6-4-3-5-14(16)25;1-22-11-6-12(23-2)15(18)13(14(11)17)8-3-4-10-9(5-8)7-20-16(19)21-10;1-6-4-2-3-5-7(6)8;1-2-3(4)5/h10-12,14-16,19H,6-9,13H2,1-5H3,(H,31,32,33);4,9-11,13-15,19H,1,5-8,12H2,2-3H3,(H,29,30,31);7-11,14,16H,3-6,25H2,1-2H3,(H,26,27,28);3-7H,1-2H3;6-7H,2-5,8H2,1H3;2H,1H2/t16-,19?;15-,19+;14-,16?;;6-,7+;/m110.0./s1. The van der Waals surface area contributed by atoms with E-state index in [1.165, 1.54) is 58.8 Å². The summed E-state index contributed by atoms with van der Waals surface area (Å²) in [5, 5.41) is 16.7. The fourth-order valence-electron chi connectivity index (χ4n) is 16.9. The number of carbonyl (C=O) groups excluding carboxylic acids is 3. The molecule has 4 fully saturated rings. The van der Waals surface area contributed by atoms with Crippen LogP contribution in [-0.4, -0.2) is 150 Å². The number of ketones is 1. The maximum atomic E-state index is 12.5. The van der Waals surface area contributed by atoms with Crippen molar-refractivity contribution >= 4 is 194 Å². The lowest BCUT2D eigenvalue weighted by Crippen LogP contribution is -2.42. The lowest BCUT2D eigenvalue weighted by Gasteiger charge is -2.32. The number of halogens is 10. The van der Waals surface area contributed by atoms with E-state index in [-0.39, 0.29) is 53.0 Å². The van der Waals surface area contributed by atoms with E-state index < -0.39 is 10.8 Å². The van der Waals surface area contributed by atoms with Gasteiger partial charge in [0.1, 0.15) is 51.6 Å². The second-order valence-electron chi connectivity index (χ2n) is 34.3. The molecule has 25 nitrogen and oxygen atoms in total. The predicted molar refractivity (Wildman–Crippen MR) is 557 cm³/mol. The fourth-order valence-corrected chi connectivity index (χ4v) is 19.9. The van der Waals surface area contributed by atoms with Crippen LogP contribution in [-0.2, 0) is 19.1 Å². The monoisotopic (exact) mass is 2060 g/mol. The Morgan fingerprint density at radius 2 is 0.657 bits per heavy atom. The van der Waals surface area contributed by atoms with Gasteiger partial charge in [-0.25, -0.2) is 39.9 Å². The van der Waals surface area contributed by atoms with Crippen molar-refractivity contribution in [2.24, 2.45) is 29.2 Å². The van der Waals surface area contributed by atoms with Crippen molar-refractivity contribution < 1.29 is 57.0 Å². The van der Waals surface area contributed by atoms with E-state index in [1.54, 1.807) is 91.7 Å². The van der Waals surface area contributed by atoms with Gasteiger partial charge in [-0.2, -0.15) is 0 Å². The minimum Gasteiger partial charge on any atom is -0.495 e. The summed E-state index contributed by atoms with van der Waals surface area (Å²) in [5.74, 6) is 6.68. The number of fused-ring (bicyclic) bond motifs is 4. The molecule has 4 heterocycles. The van der Waals surface area contributed by atoms with Crippen molar-refractivity contribution in [1.82, 2.24) is 39.9 Å². The topological polar surface area (TPSA) is 326 Å². The van der Waals surface area contributed by atoms with Crippen molar-refractivity contribution in [3.63, 3.8) is 0 Å². The zero-order chi connectivity index (χ0) is 99.1. The smallest absolute Gasteiger partial charge is 0.306 e. The first kappa shape index (κ1) is 107. The maximum Gasteiger partial charge on any atom is 0.306 e. The number of nitrogens with one attached hydrogen (secondary N) is 3. The molecule has 0 bridgehead atoms. The Balaban J connectivity index is 0.000000169. The van der Waals surface area contributed by atoms with E-state index in [0.29, 0.717) is 145 Å². The number of rotatable bonds is 24. The third-order valence-corrected chi connectivity index (χ3v) is 27.5. The van der Waals surface area contributed by atoms with Crippen LogP contribution in [0.2, 0.25) is 45.5 Å². The minimum absolute atomic E-state index is 0.0807. The second-order valence-corrected chi connectivity index (χ2v) is 38.1. The van der Waals surface area contributed by atoms with Crippen LogP contribution in [0.3, 0.4) is 0 Å². The van der Waals surface area contributed by atoms with Gasteiger partial charge in [-0.05, 0) is 196 Å². The first-order chi connectivity index (χ1) is 65.7. The zero-order valence-corrected chi connectivity index (χ0v) is 85.9. The van der Waals surface area contributed by atoms with Crippen molar-refractivity contribution in [3.8, 4) is 90.5 Å². The second kappa shape index (κ2) is 50.8. The molecule has 0 saturated heterocycles. The summed E-state index contributed by atoms with van der Waals surface area (Å²) in [6.07, 6.45) is 28.5. The maximum absolute atomic E-state index is 12.5. The van der Waals surface area contributed by atoms with Crippen molar-refractivity contribution in [2.45, 2.75) is 179 Å². The van der Waals surface area contributed by atoms with Crippen LogP contribution in [0.25, 0.3) is 88.1 Å². The highest BCUT2D eigenvalue weighted by molar-refractivity contribution is 6.66. The van der Waals surface area contributed by atoms with Crippen molar-refractivity contribution in [1.29, 1.82) is 0 Å². The lowest BCUT2D eigenvalue weighted by atomic mass is 9.81. The van der Waals surface area contributed by atoms with Gasteiger partial charge in [0, 0.05) is 129 Å². The molecular weight excluding hydrogens is 1950 g/mol. The van der Waals surface area contributed by atoms with Gasteiger partial charge >= 0.3 is 5.97 Å². The van der Waals surface area contributed by atoms with Gasteiger partial charge in [-0.15, -0.1) is 0 Å². The highest BCUT2D eigenvalue weighted by atomic mass is 35.5. The average Bonchev–Trinajstić information content (AvgIpc) is 0.785. The summed E-state index contributed by atoms with van der Waals surface area (Å²) < 4.78 is 48.5. The highest BCUT2D eigenvalue weighted by Gasteiger charge is 2.33. The van der Waals surface area contributed by atoms with E-state index in [9.17, 15) is 14.4 Å². The first-order valence-corrected chi connectivity index (χ1v) is 48.6. The fraction of sp³-hybridized carbons (Fsp3) is 0.382. The summed E-state index contributed by atoms with van der Waals surface area (Å²) in [5.41, 5.74) is 20.4. The Morgan fingerprint density at radius 1 is 0.380 bits per heavy atom. The van der Waals surface area contributed by atoms with Gasteiger partial charge in [-0.1, -0.05) is 189 Å². The number of ether oxygens (including phenoxy) is 9. The molecule has 16 rings (SSSR count). The Bertz CT molecular complexity index is 6180. The normalized spacial score (nSPS) is 17.8. The number of aromatic nitrogens is 8. The number of anilines is 3. The summed E-state index contributed by atoms with van der Waals surface area (Å²) in [7, 11) is 12.4. The molecule has 7 N–H and O–H groups in total. The number of nitrogens with zero attached hydrogens (tertiary/aromatic N) is 8. The summed E-state index contributed by atoms with van der Waals surface area (Å²) >= 11 is 62.9. The molecule has 12 aromatic rings. The minimum atomic E-state index is -0.509. The molecular formula is C102H113Cl10N13O12. The van der Waals surface area contributed by atoms with Crippen molar-refractivity contribution in [3.05, 3.63) is 193 Å². The number of allylic oxidation sites excluding steroid dienone is 2. The van der Waals surface area contributed by atoms with Crippen LogP contribution in [0.4, 0.5) is 17.8 Å². The molecule has 2 unspecified atom stereocenters. The lowest BCUT2D eigenvalue weighted by molar-refractivity contribution is -0.156. The van der Waals surface area contributed by atoms with E-state index >= 15 is 0 Å². The predicted octanol–water partition coefficient (Wildman–Crippen LogP) is 27.1. The number of carbonyl (C=O) groups is 3. The number of nitrogens with two attached hydrogens (primary N) is 2. The van der Waals surface area contributed by atoms with Gasteiger partial charge < -0.3 is 70.0 Å². The molecule has 4 saturated carbocycles. The third kappa shape index (κ3) is 28.0. The SMILES string of the molecule is C=CC(=O)C[C@H]1CCCC[C@@H]1Nc1ncc2cc(-c3c(Cl)c(OC)cc(OC)c3Cl)ccc2n1.C=CC(=O)Cl.COc1cc(OC)c(Cl)c(-c2ccc3nc(Cl)ncc3c2)c1Cl.COc1cc(OC)c(Cl)c(-c2ccc3nc(NC4CCCC[C@@H]4CC(=O)OC(C)(C)C)ncc3c2)c1Cl.COc1cc(OC)c(Cl)c(-c2ccc3nc(NC4CCCC[C@@H]4N)ncc3c2)c1Cl.C[C@H]1CCCC[C@H]1N. The molecule has 4 aliphatic rings. The van der Waals surface area contributed by atoms with Crippen LogP contribution in [0.1, 0.15) is 143 Å². The Morgan fingerprint density at radius 3 is 0.942 bits per heavy atom. The number of hydrogen-bond donors (Lipinski definition) is 5. The van der Waals surface area contributed by atoms with E-state index in [0.717, 1.165) is 142 Å². The Kier molecular flexibility index (Phi) is 39.8. The van der Waals surface area contributed by atoms with E-state index in [2.05, 4.69) is 65.9 Å². The first-order valence-electron chi connectivity index (χ1n) is 44.8. The van der Waals surface area contributed by atoms with E-state index in [4.69, 9.17) is 180 Å². The van der Waals surface area contributed by atoms with Crippen LogP contribution < -0.4 is 65.3 Å². The molecule has 728 valence electrons. The zero-order valence-electron chi connectivity index (χ0n) is 78.4. The summed E-state index contributed by atoms with van der Waals surface area (Å²) in [6.45, 7) is 14.6. The average molecular weight is 2070 g/mol. The summed E-state index contributed by atoms with van der Waals surface area (Å²) in [4.78, 5) is 69.7. The largest absolute Gasteiger partial charge is 0.495 e. The van der Waals surface area contributed by atoms with Crippen LogP contribution in [0.5, 0.6) is 46.0 Å². The van der Waals surface area contributed by atoms with Crippen LogP contribution in [0, 0.1) is 17.8 Å². The molecule has 0 amide bonds. The van der Waals surface area contributed by atoms with Gasteiger partial charge in [0.2, 0.25) is 28.4 Å². The molecule has 0 spiro atoms. The molecule has 8 aromatic carbocycles. The Hall–Kier alpha value is -9.97. The third-order valence-electron chi connectivity index (χ3n) is 24.2. The number of hydrogen-bond acceptors (Lipinski definition) is 25. The van der Waals surface area contributed by atoms with Crippen LogP contribution in [0.15, 0.2) is 147 Å². The van der Waals surface area contributed by atoms with Gasteiger partial charge in [0.15, 0.2) is 5.78 Å². The molecule has 8 atom stereocenters. The van der Waals surface area contributed by atoms with Crippen molar-refractivity contribution in [2.75, 3.05) is 72.8 Å². The molecule has 4 aromatic heterocycles. The number of methoxy groups -OCH3 is 8.